The van der Waals surface area contributed by atoms with Crippen LogP contribution in [0.25, 0.3) is 11.4 Å². The summed E-state index contributed by atoms with van der Waals surface area (Å²) >= 11 is 0. The van der Waals surface area contributed by atoms with Gasteiger partial charge in [-0.3, -0.25) is 4.98 Å². The van der Waals surface area contributed by atoms with Crippen LogP contribution in [-0.4, -0.2) is 45.8 Å². The molecule has 3 rings (SSSR count). The standard InChI is InChI=1S/C12H11N7O2/c1-18-7-14-15-9(18)6-19-11(8-4-2-3-5-13-8)10(12(20)21)16-17-19/h2-5,7H,6H2,1H3,(H,20,21). The molecule has 0 aliphatic heterocycles. The Bertz CT molecular complexity index is 778. The van der Waals surface area contributed by atoms with Gasteiger partial charge in [0.05, 0.1) is 5.69 Å². The van der Waals surface area contributed by atoms with Crippen molar-refractivity contribution >= 4 is 5.97 Å². The van der Waals surface area contributed by atoms with E-state index in [9.17, 15) is 9.90 Å². The largest absolute Gasteiger partial charge is 0.476 e. The highest BCUT2D eigenvalue weighted by Crippen LogP contribution is 2.20. The SMILES string of the molecule is Cn1cnnc1Cn1nnc(C(=O)O)c1-c1ccccn1. The van der Waals surface area contributed by atoms with Crippen molar-refractivity contribution in [2.45, 2.75) is 6.54 Å². The number of pyridine rings is 1. The first-order valence-electron chi connectivity index (χ1n) is 6.08. The van der Waals surface area contributed by atoms with Gasteiger partial charge in [0.25, 0.3) is 0 Å². The van der Waals surface area contributed by atoms with Gasteiger partial charge < -0.3 is 9.67 Å². The number of carboxylic acid groups (broad SMARTS) is 1. The molecule has 0 spiro atoms. The maximum Gasteiger partial charge on any atom is 0.358 e. The van der Waals surface area contributed by atoms with E-state index in [0.717, 1.165) is 0 Å². The third-order valence-corrected chi connectivity index (χ3v) is 2.94. The lowest BCUT2D eigenvalue weighted by atomic mass is 10.2. The van der Waals surface area contributed by atoms with E-state index < -0.39 is 5.97 Å². The Morgan fingerprint density at radius 2 is 2.19 bits per heavy atom. The molecule has 0 aliphatic carbocycles. The smallest absolute Gasteiger partial charge is 0.358 e. The Morgan fingerprint density at radius 1 is 1.33 bits per heavy atom. The van der Waals surface area contributed by atoms with Gasteiger partial charge in [-0.15, -0.1) is 15.3 Å². The molecule has 0 saturated carbocycles. The average molecular weight is 285 g/mol. The van der Waals surface area contributed by atoms with Crippen LogP contribution in [0.4, 0.5) is 0 Å². The van der Waals surface area contributed by atoms with E-state index in [-0.39, 0.29) is 12.2 Å². The summed E-state index contributed by atoms with van der Waals surface area (Å²) in [5.41, 5.74) is 0.684. The number of hydrogen-bond acceptors (Lipinski definition) is 6. The summed E-state index contributed by atoms with van der Waals surface area (Å²) in [6.45, 7) is 0.253. The van der Waals surface area contributed by atoms with E-state index in [1.165, 1.54) is 4.68 Å². The van der Waals surface area contributed by atoms with Crippen LogP contribution >= 0.6 is 0 Å². The van der Waals surface area contributed by atoms with Gasteiger partial charge in [0.2, 0.25) is 0 Å². The summed E-state index contributed by atoms with van der Waals surface area (Å²) in [4.78, 5) is 15.5. The summed E-state index contributed by atoms with van der Waals surface area (Å²) in [7, 11) is 1.80. The van der Waals surface area contributed by atoms with Crippen molar-refractivity contribution in [3.8, 4) is 11.4 Å². The van der Waals surface area contributed by atoms with Crippen molar-refractivity contribution in [3.63, 3.8) is 0 Å². The summed E-state index contributed by atoms with van der Waals surface area (Å²) in [6.07, 6.45) is 3.14. The number of rotatable bonds is 4. The van der Waals surface area contributed by atoms with Crippen LogP contribution in [0, 0.1) is 0 Å². The van der Waals surface area contributed by atoms with E-state index >= 15 is 0 Å². The van der Waals surface area contributed by atoms with Crippen molar-refractivity contribution in [3.05, 3.63) is 42.2 Å². The highest BCUT2D eigenvalue weighted by Gasteiger charge is 2.22. The fourth-order valence-electron chi connectivity index (χ4n) is 1.91. The highest BCUT2D eigenvalue weighted by molar-refractivity contribution is 5.92. The van der Waals surface area contributed by atoms with E-state index in [0.29, 0.717) is 17.2 Å². The second-order valence-electron chi connectivity index (χ2n) is 4.32. The van der Waals surface area contributed by atoms with Crippen LogP contribution in [0.3, 0.4) is 0 Å². The first-order chi connectivity index (χ1) is 10.2. The molecule has 3 aromatic heterocycles. The molecule has 0 unspecified atom stereocenters. The molecule has 0 atom stereocenters. The van der Waals surface area contributed by atoms with E-state index in [4.69, 9.17) is 0 Å². The van der Waals surface area contributed by atoms with Crippen molar-refractivity contribution in [2.24, 2.45) is 7.05 Å². The van der Waals surface area contributed by atoms with Crippen molar-refractivity contribution in [1.82, 2.24) is 34.7 Å². The van der Waals surface area contributed by atoms with Gasteiger partial charge in [0.15, 0.2) is 11.5 Å². The minimum Gasteiger partial charge on any atom is -0.476 e. The van der Waals surface area contributed by atoms with Gasteiger partial charge in [0, 0.05) is 13.2 Å². The Balaban J connectivity index is 2.09. The van der Waals surface area contributed by atoms with E-state index in [1.54, 1.807) is 42.3 Å². The fourth-order valence-corrected chi connectivity index (χ4v) is 1.91. The molecule has 1 N–H and O–H groups in total. The number of hydrogen-bond donors (Lipinski definition) is 1. The number of aromatic nitrogens is 7. The minimum absolute atomic E-state index is 0.143. The summed E-state index contributed by atoms with van der Waals surface area (Å²) < 4.78 is 3.18. The second-order valence-corrected chi connectivity index (χ2v) is 4.32. The van der Waals surface area contributed by atoms with Crippen molar-refractivity contribution in [2.75, 3.05) is 0 Å². The van der Waals surface area contributed by atoms with Gasteiger partial charge >= 0.3 is 5.97 Å². The fraction of sp³-hybridized carbons (Fsp3) is 0.167. The molecule has 0 aliphatic rings. The summed E-state index contributed by atoms with van der Waals surface area (Å²) in [6, 6.07) is 5.23. The predicted molar refractivity (Wildman–Crippen MR) is 70.3 cm³/mol. The molecule has 9 heteroatoms. The molecular formula is C12H11N7O2. The molecule has 0 amide bonds. The monoisotopic (exact) mass is 285 g/mol. The number of aromatic carboxylic acids is 1. The Morgan fingerprint density at radius 3 is 2.81 bits per heavy atom. The third-order valence-electron chi connectivity index (χ3n) is 2.94. The first kappa shape index (κ1) is 12.9. The quantitative estimate of drug-likeness (QED) is 0.729. The van der Waals surface area contributed by atoms with Gasteiger partial charge in [-0.2, -0.15) is 0 Å². The molecule has 0 fully saturated rings. The molecular weight excluding hydrogens is 274 g/mol. The number of carboxylic acids is 1. The lowest BCUT2D eigenvalue weighted by Crippen LogP contribution is -2.10. The zero-order valence-electron chi connectivity index (χ0n) is 11.1. The lowest BCUT2D eigenvalue weighted by molar-refractivity contribution is 0.0691. The number of carbonyl (C=O) groups is 1. The summed E-state index contributed by atoms with van der Waals surface area (Å²) in [5, 5.41) is 24.6. The molecule has 3 heterocycles. The van der Waals surface area contributed by atoms with Gasteiger partial charge in [-0.1, -0.05) is 11.3 Å². The normalized spacial score (nSPS) is 10.7. The maximum atomic E-state index is 11.3. The van der Waals surface area contributed by atoms with Crippen LogP contribution in [-0.2, 0) is 13.6 Å². The van der Waals surface area contributed by atoms with Crippen LogP contribution in [0.5, 0.6) is 0 Å². The number of aryl methyl sites for hydroxylation is 1. The van der Waals surface area contributed by atoms with Crippen LogP contribution in [0.1, 0.15) is 16.3 Å². The Hall–Kier alpha value is -3.10. The lowest BCUT2D eigenvalue weighted by Gasteiger charge is -2.06. The highest BCUT2D eigenvalue weighted by atomic mass is 16.4. The third kappa shape index (κ3) is 2.36. The molecule has 0 radical (unpaired) electrons. The van der Waals surface area contributed by atoms with E-state index in [1.807, 2.05) is 0 Å². The molecule has 0 bridgehead atoms. The van der Waals surface area contributed by atoms with Crippen LogP contribution in [0.2, 0.25) is 0 Å². The predicted octanol–water partition coefficient (Wildman–Crippen LogP) is 0.215. The Kier molecular flexibility index (Phi) is 3.14. The van der Waals surface area contributed by atoms with Crippen LogP contribution in [0.15, 0.2) is 30.7 Å². The molecule has 0 saturated heterocycles. The maximum absolute atomic E-state index is 11.3. The Labute approximate surface area is 118 Å². The molecule has 9 nitrogen and oxygen atoms in total. The van der Waals surface area contributed by atoms with Crippen molar-refractivity contribution in [1.29, 1.82) is 0 Å². The molecule has 21 heavy (non-hydrogen) atoms. The van der Waals surface area contributed by atoms with Crippen LogP contribution < -0.4 is 0 Å². The average Bonchev–Trinajstić information content (AvgIpc) is 3.07. The van der Waals surface area contributed by atoms with E-state index in [2.05, 4.69) is 25.5 Å². The molecule has 0 aromatic carbocycles. The molecule has 106 valence electrons. The second kappa shape index (κ2) is 5.12. The van der Waals surface area contributed by atoms with Gasteiger partial charge in [0.1, 0.15) is 18.6 Å². The molecule has 3 aromatic rings. The topological polar surface area (TPSA) is 112 Å². The zero-order chi connectivity index (χ0) is 14.8. The summed E-state index contributed by atoms with van der Waals surface area (Å²) in [5.74, 6) is -0.520. The minimum atomic E-state index is -1.15. The first-order valence-corrected chi connectivity index (χ1v) is 6.08. The van der Waals surface area contributed by atoms with Gasteiger partial charge in [-0.25, -0.2) is 9.48 Å². The van der Waals surface area contributed by atoms with Crippen molar-refractivity contribution < 1.29 is 9.90 Å². The number of nitrogens with zero attached hydrogens (tertiary/aromatic N) is 7. The zero-order valence-corrected chi connectivity index (χ0v) is 11.1. The van der Waals surface area contributed by atoms with Gasteiger partial charge in [-0.05, 0) is 12.1 Å².